The molecule has 0 aromatic heterocycles. The number of hydrogen-bond acceptors (Lipinski definition) is 5. The van der Waals surface area contributed by atoms with Crippen LogP contribution in [0, 0.1) is 25.7 Å². The Morgan fingerprint density at radius 1 is 0.551 bits per heavy atom. The lowest BCUT2D eigenvalue weighted by Crippen LogP contribution is -2.45. The van der Waals surface area contributed by atoms with E-state index in [1.54, 1.807) is 14.2 Å². The summed E-state index contributed by atoms with van der Waals surface area (Å²) in [6.07, 6.45) is 0. The van der Waals surface area contributed by atoms with Gasteiger partial charge in [0, 0.05) is 0 Å². The highest BCUT2D eigenvalue weighted by Gasteiger charge is 2.82. The number of Topliss-reactive ketones (excluding diaryl/α,β-unsaturated/α-hetero) is 1. The van der Waals surface area contributed by atoms with Gasteiger partial charge in [-0.2, -0.15) is 0 Å². The molecule has 0 N–H and O–H groups in total. The summed E-state index contributed by atoms with van der Waals surface area (Å²) in [5.41, 5.74) is 3.83. The van der Waals surface area contributed by atoms with Gasteiger partial charge in [0.2, 0.25) is 11.8 Å². The molecular weight excluding hydrogens is 610 g/mol. The van der Waals surface area contributed by atoms with Gasteiger partial charge in [-0.15, -0.1) is 0 Å². The fourth-order valence-electron chi connectivity index (χ4n) is 8.93. The Hall–Kier alpha value is -5.75. The van der Waals surface area contributed by atoms with Crippen LogP contribution in [0.5, 0.6) is 11.5 Å². The fourth-order valence-corrected chi connectivity index (χ4v) is 8.93. The Kier molecular flexibility index (Phi) is 6.97. The van der Waals surface area contributed by atoms with Gasteiger partial charge in [-0.1, -0.05) is 103 Å². The number of hydrogen-bond donors (Lipinski definition) is 0. The van der Waals surface area contributed by atoms with Crippen molar-refractivity contribution in [3.8, 4) is 11.5 Å². The number of amides is 2. The van der Waals surface area contributed by atoms with E-state index in [1.165, 1.54) is 4.90 Å². The molecule has 49 heavy (non-hydrogen) atoms. The number of aryl methyl sites for hydroxylation is 2. The molecule has 1 saturated heterocycles. The monoisotopic (exact) mass is 645 g/mol. The molecule has 242 valence electrons. The molecule has 2 fully saturated rings. The summed E-state index contributed by atoms with van der Waals surface area (Å²) in [4.78, 5) is 47.9. The lowest BCUT2D eigenvalue weighted by Gasteiger charge is -2.39. The molecule has 5 aromatic carbocycles. The summed E-state index contributed by atoms with van der Waals surface area (Å²) in [5, 5.41) is 0. The Labute approximate surface area is 285 Å². The molecule has 8 rings (SSSR count). The molecule has 5 aromatic rings. The maximum atomic E-state index is 16.1. The van der Waals surface area contributed by atoms with Crippen molar-refractivity contribution < 1.29 is 23.9 Å². The number of imide groups is 1. The highest BCUT2D eigenvalue weighted by molar-refractivity contribution is 6.39. The van der Waals surface area contributed by atoms with Gasteiger partial charge in [-0.3, -0.25) is 14.4 Å². The first-order chi connectivity index (χ1) is 23.8. The number of nitrogens with zero attached hydrogens (tertiary/aromatic N) is 1. The molecule has 0 unspecified atom stereocenters. The van der Waals surface area contributed by atoms with Gasteiger partial charge in [0.25, 0.3) is 0 Å². The van der Waals surface area contributed by atoms with E-state index < -0.39 is 22.7 Å². The summed E-state index contributed by atoms with van der Waals surface area (Å²) < 4.78 is 11.1. The van der Waals surface area contributed by atoms with Crippen LogP contribution < -0.4 is 14.4 Å². The molecule has 1 saturated carbocycles. The van der Waals surface area contributed by atoms with Crippen molar-refractivity contribution in [2.24, 2.45) is 11.8 Å². The number of carbonyl (C=O) groups is 3. The zero-order chi connectivity index (χ0) is 34.1. The molecule has 2 aliphatic carbocycles. The van der Waals surface area contributed by atoms with E-state index in [2.05, 4.69) is 0 Å². The van der Waals surface area contributed by atoms with Crippen molar-refractivity contribution >= 4 is 34.4 Å². The topological polar surface area (TPSA) is 72.9 Å². The average molecular weight is 646 g/mol. The second-order valence-corrected chi connectivity index (χ2v) is 13.1. The molecule has 2 amide bonds. The predicted molar refractivity (Wildman–Crippen MR) is 189 cm³/mol. The number of ketones is 1. The lowest BCUT2D eigenvalue weighted by atomic mass is 9.59. The largest absolute Gasteiger partial charge is 0.497 e. The molecule has 0 spiro atoms. The molecule has 6 nitrogen and oxygen atoms in total. The standard InChI is InChI=1S/C43H35NO5/c1-26-15-24-34(27(2)25-26)44-39(45)37-38(40(44)46)43(31-13-9-6-10-14-31)36(29-18-22-33(49-4)23-19-29)35(28-16-20-32(48-3)21-17-28)42(37,41(43)47)30-11-7-5-8-12-30/h5-25,37-38H,1-4H3/t37-,38-,42-,43-/m1/s1. The minimum absolute atomic E-state index is 0.161. The quantitative estimate of drug-likeness (QED) is 0.171. The smallest absolute Gasteiger partial charge is 0.239 e. The number of carbonyl (C=O) groups excluding carboxylic acids is 3. The van der Waals surface area contributed by atoms with E-state index in [-0.39, 0.29) is 17.6 Å². The number of allylic oxidation sites excluding steroid dienone is 2. The van der Waals surface area contributed by atoms with Crippen molar-refractivity contribution in [2.75, 3.05) is 19.1 Å². The van der Waals surface area contributed by atoms with Crippen LogP contribution in [-0.4, -0.2) is 31.8 Å². The Morgan fingerprint density at radius 2 is 0.980 bits per heavy atom. The molecule has 1 aliphatic heterocycles. The van der Waals surface area contributed by atoms with Crippen molar-refractivity contribution in [2.45, 2.75) is 24.7 Å². The molecule has 6 heteroatoms. The van der Waals surface area contributed by atoms with Gasteiger partial charge in [0.15, 0.2) is 5.78 Å². The Balaban J connectivity index is 1.54. The first-order valence-electron chi connectivity index (χ1n) is 16.4. The third-order valence-corrected chi connectivity index (χ3v) is 10.8. The van der Waals surface area contributed by atoms with Crippen molar-refractivity contribution in [3.63, 3.8) is 0 Å². The number of rotatable bonds is 7. The summed E-state index contributed by atoms with van der Waals surface area (Å²) in [6, 6.07) is 40.1. The van der Waals surface area contributed by atoms with Crippen molar-refractivity contribution in [3.05, 3.63) is 161 Å². The SMILES string of the molecule is COc1ccc(C2=C(c3ccc(OC)cc3)[C@@]3(c4ccccc4)C(=O)[C@@]2(c2ccccc2)[C@H]2C(=O)N(c4ccc(C)cc4C)C(=O)[C@@H]23)cc1. The van der Waals surface area contributed by atoms with E-state index in [1.807, 2.05) is 141 Å². The first kappa shape index (κ1) is 30.6. The molecule has 2 bridgehead atoms. The molecule has 3 aliphatic rings. The third kappa shape index (κ3) is 3.97. The minimum atomic E-state index is -1.48. The zero-order valence-corrected chi connectivity index (χ0v) is 27.8. The summed E-state index contributed by atoms with van der Waals surface area (Å²) in [5.74, 6) is -1.53. The highest BCUT2D eigenvalue weighted by Crippen LogP contribution is 2.74. The predicted octanol–water partition coefficient (Wildman–Crippen LogP) is 7.51. The van der Waals surface area contributed by atoms with Crippen LogP contribution in [0.4, 0.5) is 5.69 Å². The summed E-state index contributed by atoms with van der Waals surface area (Å²) >= 11 is 0. The number of benzene rings is 5. The zero-order valence-electron chi connectivity index (χ0n) is 27.8. The molecule has 1 heterocycles. The van der Waals surface area contributed by atoms with E-state index in [9.17, 15) is 0 Å². The van der Waals surface area contributed by atoms with Gasteiger partial charge < -0.3 is 9.47 Å². The lowest BCUT2D eigenvalue weighted by molar-refractivity contribution is -0.130. The summed E-state index contributed by atoms with van der Waals surface area (Å²) in [7, 11) is 3.23. The minimum Gasteiger partial charge on any atom is -0.497 e. The maximum Gasteiger partial charge on any atom is 0.239 e. The van der Waals surface area contributed by atoms with Gasteiger partial charge >= 0.3 is 0 Å². The summed E-state index contributed by atoms with van der Waals surface area (Å²) in [6.45, 7) is 3.90. The Bertz CT molecular complexity index is 2040. The second-order valence-electron chi connectivity index (χ2n) is 13.1. The van der Waals surface area contributed by atoms with Gasteiger partial charge in [0.05, 0.1) is 42.6 Å². The normalized spacial score (nSPS) is 24.1. The molecule has 4 atom stereocenters. The van der Waals surface area contributed by atoms with Crippen LogP contribution >= 0.6 is 0 Å². The number of anilines is 1. The average Bonchev–Trinajstić information content (AvgIpc) is 3.64. The van der Waals surface area contributed by atoms with Crippen molar-refractivity contribution in [1.82, 2.24) is 0 Å². The number of ether oxygens (including phenoxy) is 2. The van der Waals surface area contributed by atoms with Crippen LogP contribution in [0.1, 0.15) is 33.4 Å². The van der Waals surface area contributed by atoms with Crippen LogP contribution in [0.2, 0.25) is 0 Å². The van der Waals surface area contributed by atoms with E-state index in [4.69, 9.17) is 9.47 Å². The fraction of sp³-hybridized carbons (Fsp3) is 0.186. The van der Waals surface area contributed by atoms with Crippen LogP contribution in [0.15, 0.2) is 127 Å². The third-order valence-electron chi connectivity index (χ3n) is 10.8. The second kappa shape index (κ2) is 11.2. The van der Waals surface area contributed by atoms with E-state index in [0.29, 0.717) is 28.3 Å². The molecule has 0 radical (unpaired) electrons. The van der Waals surface area contributed by atoms with E-state index >= 15 is 14.4 Å². The maximum absolute atomic E-state index is 16.1. The number of fused-ring (bicyclic) bond motifs is 5. The van der Waals surface area contributed by atoms with Gasteiger partial charge in [-0.25, -0.2) is 4.90 Å². The van der Waals surface area contributed by atoms with Crippen LogP contribution in [0.25, 0.3) is 11.1 Å². The van der Waals surface area contributed by atoms with Gasteiger partial charge in [-0.05, 0) is 83.1 Å². The highest BCUT2D eigenvalue weighted by atomic mass is 16.5. The molecular formula is C43H35NO5. The van der Waals surface area contributed by atoms with Crippen LogP contribution in [-0.2, 0) is 25.2 Å². The Morgan fingerprint density at radius 3 is 1.37 bits per heavy atom. The van der Waals surface area contributed by atoms with Gasteiger partial charge in [0.1, 0.15) is 11.5 Å². The first-order valence-corrected chi connectivity index (χ1v) is 16.4. The van der Waals surface area contributed by atoms with Crippen molar-refractivity contribution in [1.29, 1.82) is 0 Å². The number of methoxy groups -OCH3 is 2. The van der Waals surface area contributed by atoms with Crippen LogP contribution in [0.3, 0.4) is 0 Å². The van der Waals surface area contributed by atoms with E-state index in [0.717, 1.165) is 33.4 Å².